The van der Waals surface area contributed by atoms with Gasteiger partial charge in [0.15, 0.2) is 0 Å². The molecule has 0 saturated heterocycles. The van der Waals surface area contributed by atoms with Gasteiger partial charge in [-0.15, -0.1) is 0 Å². The van der Waals surface area contributed by atoms with Crippen LogP contribution in [-0.2, 0) is 14.2 Å². The highest BCUT2D eigenvalue weighted by Gasteiger charge is 2.14. The highest BCUT2D eigenvalue weighted by atomic mass is 16.5. The van der Waals surface area contributed by atoms with Crippen molar-refractivity contribution in [2.24, 2.45) is 0 Å². The maximum absolute atomic E-state index is 13.1. The molecule has 0 unspecified atom stereocenters. The lowest BCUT2D eigenvalue weighted by Gasteiger charge is -2.09. The molecule has 4 aromatic rings. The molecular weight excluding hydrogens is 1040 g/mol. The lowest BCUT2D eigenvalue weighted by molar-refractivity contribution is 0.0516. The Kier molecular flexibility index (Phi) is 37.3. The van der Waals surface area contributed by atoms with E-state index in [4.69, 9.17) is 28.4 Å². The van der Waals surface area contributed by atoms with Gasteiger partial charge in [-0.2, -0.15) is 0 Å². The maximum atomic E-state index is 13.1. The molecule has 0 radical (unpaired) electrons. The molecule has 0 spiro atoms. The van der Waals surface area contributed by atoms with Crippen LogP contribution in [0.4, 0.5) is 0 Å². The van der Waals surface area contributed by atoms with E-state index in [0.717, 1.165) is 38.5 Å². The Hall–Kier alpha value is -6.63. The summed E-state index contributed by atoms with van der Waals surface area (Å²) in [5, 5.41) is 0. The Morgan fingerprint density at radius 1 is 0.262 bits per heavy atom. The van der Waals surface area contributed by atoms with Gasteiger partial charge in [0.2, 0.25) is 0 Å². The normalized spacial score (nSPS) is 10.6. The van der Waals surface area contributed by atoms with Crippen LogP contribution in [0.5, 0.6) is 17.2 Å². The molecule has 0 fully saturated rings. The first kappa shape index (κ1) is 69.9. The van der Waals surface area contributed by atoms with Gasteiger partial charge in [0.05, 0.1) is 56.3 Å². The number of carbonyl (C=O) groups is 3. The van der Waals surface area contributed by atoms with E-state index in [2.05, 4.69) is 56.3 Å². The van der Waals surface area contributed by atoms with Gasteiger partial charge in [0.1, 0.15) is 17.2 Å². The fourth-order valence-electron chi connectivity index (χ4n) is 9.88. The summed E-state index contributed by atoms with van der Waals surface area (Å²) >= 11 is 0. The minimum atomic E-state index is -0.446. The zero-order chi connectivity index (χ0) is 60.1. The zero-order valence-corrected chi connectivity index (χ0v) is 52.6. The second-order valence-corrected chi connectivity index (χ2v) is 22.0. The van der Waals surface area contributed by atoms with Crippen LogP contribution in [0.25, 0.3) is 0 Å². The Balaban J connectivity index is 1.65. The summed E-state index contributed by atoms with van der Waals surface area (Å²) in [5.74, 6) is 20.2. The molecule has 0 aliphatic carbocycles. The van der Waals surface area contributed by atoms with E-state index in [9.17, 15) is 14.4 Å². The van der Waals surface area contributed by atoms with Gasteiger partial charge in [-0.3, -0.25) is 0 Å². The zero-order valence-electron chi connectivity index (χ0n) is 52.6. The second-order valence-electron chi connectivity index (χ2n) is 22.0. The quantitative estimate of drug-likeness (QED) is 0.0186. The van der Waals surface area contributed by atoms with E-state index >= 15 is 0 Å². The highest BCUT2D eigenvalue weighted by Crippen LogP contribution is 2.24. The Morgan fingerprint density at radius 2 is 0.464 bits per heavy atom. The van der Waals surface area contributed by atoms with Crippen LogP contribution in [0.2, 0.25) is 0 Å². The average Bonchev–Trinajstić information content (AvgIpc) is 3.69. The van der Waals surface area contributed by atoms with Crippen molar-refractivity contribution >= 4 is 17.9 Å². The van der Waals surface area contributed by atoms with Crippen LogP contribution in [0.3, 0.4) is 0 Å². The van der Waals surface area contributed by atoms with E-state index in [-0.39, 0.29) is 19.8 Å². The average molecular weight is 1150 g/mol. The fourth-order valence-corrected chi connectivity index (χ4v) is 9.88. The largest absolute Gasteiger partial charge is 0.494 e. The molecule has 9 nitrogen and oxygen atoms in total. The molecule has 4 rings (SSSR count). The lowest BCUT2D eigenvalue weighted by Crippen LogP contribution is -2.06. The molecule has 4 aromatic carbocycles. The van der Waals surface area contributed by atoms with Crippen LogP contribution in [0.15, 0.2) is 72.8 Å². The molecule has 0 atom stereocenters. The van der Waals surface area contributed by atoms with E-state index in [1.54, 1.807) is 57.2 Å². The number of rotatable bonds is 42. The van der Waals surface area contributed by atoms with Gasteiger partial charge in [0, 0.05) is 33.4 Å². The van der Waals surface area contributed by atoms with Crippen molar-refractivity contribution in [3.63, 3.8) is 0 Å². The van der Waals surface area contributed by atoms with Crippen molar-refractivity contribution in [1.29, 1.82) is 0 Å². The third kappa shape index (κ3) is 30.8. The molecule has 0 saturated carbocycles. The van der Waals surface area contributed by atoms with Gasteiger partial charge in [0.25, 0.3) is 0 Å². The fraction of sp³-hybridized carbons (Fsp3) is 0.560. The maximum Gasteiger partial charge on any atom is 0.338 e. The molecule has 9 heteroatoms. The number of carbonyl (C=O) groups excluding carboxylic acids is 3. The molecule has 0 amide bonds. The number of unbranched alkanes of at least 4 members (excludes halogenated alkanes) is 27. The van der Waals surface area contributed by atoms with Crippen LogP contribution < -0.4 is 14.2 Å². The van der Waals surface area contributed by atoms with Crippen LogP contribution in [0, 0.1) is 35.5 Å². The minimum Gasteiger partial charge on any atom is -0.494 e. The smallest absolute Gasteiger partial charge is 0.338 e. The van der Waals surface area contributed by atoms with Crippen LogP contribution >= 0.6 is 0 Å². The van der Waals surface area contributed by atoms with Crippen molar-refractivity contribution in [3.8, 4) is 52.8 Å². The first-order chi connectivity index (χ1) is 41.2. The molecule has 0 aromatic heterocycles. The monoisotopic (exact) mass is 1150 g/mol. The van der Waals surface area contributed by atoms with Crippen molar-refractivity contribution in [3.05, 3.63) is 123 Å². The molecule has 0 N–H and O–H groups in total. The number of hydrogen-bond acceptors (Lipinski definition) is 9. The van der Waals surface area contributed by atoms with Crippen LogP contribution in [-0.4, -0.2) is 57.5 Å². The molecule has 84 heavy (non-hydrogen) atoms. The van der Waals surface area contributed by atoms with Gasteiger partial charge in [-0.05, 0) is 113 Å². The summed E-state index contributed by atoms with van der Waals surface area (Å²) in [4.78, 5) is 39.4. The number of ether oxygens (including phenoxy) is 6. The first-order valence-electron chi connectivity index (χ1n) is 32.7. The summed E-state index contributed by atoms with van der Waals surface area (Å²) in [6, 6.07) is 21.6. The van der Waals surface area contributed by atoms with Crippen molar-refractivity contribution in [1.82, 2.24) is 0 Å². The highest BCUT2D eigenvalue weighted by molar-refractivity contribution is 5.91. The molecular formula is C75H102O9. The lowest BCUT2D eigenvalue weighted by atomic mass is 10.0. The van der Waals surface area contributed by atoms with Crippen LogP contribution in [0.1, 0.15) is 299 Å². The summed E-state index contributed by atoms with van der Waals surface area (Å²) in [6.07, 6.45) is 36.7. The SMILES string of the molecule is CCCCCCCCCCCCOc1cc(C#Cc2cc(C#Cc3cc(OCCCCCCCCCCCC)cc(C(=O)OCC)c3)cc(C#Cc3cc(OCCCCCCCCCCCC)cc(C(=O)OCC)c3)c2)cc(C(=O)OCC)c1. The standard InChI is InChI=1S/C75H102O9/c1-7-13-16-19-22-25-28-31-34-37-46-82-70-55-64(52-67(58-70)73(76)79-10-4)43-40-61-49-62(41-44-65-53-68(74(77)80-11-5)59-71(56-65)83-47-38-35-32-29-26-23-20-17-14-8-2)51-63(50-61)42-45-66-54-69(75(78)81-12-6)60-72(57-66)84-48-39-36-33-30-27-24-21-18-15-9-3/h49-60H,7-39,46-48H2,1-6H3. The number of hydrogen-bond donors (Lipinski definition) is 0. The summed E-state index contributed by atoms with van der Waals surface area (Å²) in [6.45, 7) is 14.4. The van der Waals surface area contributed by atoms with Crippen molar-refractivity contribution in [2.45, 2.75) is 234 Å². The molecule has 0 bridgehead atoms. The van der Waals surface area contributed by atoms with Crippen molar-refractivity contribution in [2.75, 3.05) is 39.6 Å². The predicted molar refractivity (Wildman–Crippen MR) is 344 cm³/mol. The van der Waals surface area contributed by atoms with E-state index in [0.29, 0.717) is 87.1 Å². The van der Waals surface area contributed by atoms with Crippen molar-refractivity contribution < 1.29 is 42.8 Å². The molecule has 456 valence electrons. The summed E-state index contributed by atoms with van der Waals surface area (Å²) in [5.41, 5.74) is 4.73. The van der Waals surface area contributed by atoms with Gasteiger partial charge < -0.3 is 28.4 Å². The predicted octanol–water partition coefficient (Wildman–Crippen LogP) is 19.3. The summed E-state index contributed by atoms with van der Waals surface area (Å²) in [7, 11) is 0. The number of benzene rings is 4. The Morgan fingerprint density at radius 3 is 0.679 bits per heavy atom. The number of esters is 3. The van der Waals surface area contributed by atoms with Gasteiger partial charge in [-0.25, -0.2) is 14.4 Å². The molecule has 0 heterocycles. The van der Waals surface area contributed by atoms with E-state index in [1.807, 2.05) is 36.4 Å². The van der Waals surface area contributed by atoms with Gasteiger partial charge in [-0.1, -0.05) is 230 Å². The molecule has 0 aliphatic heterocycles. The minimum absolute atomic E-state index is 0.239. The summed E-state index contributed by atoms with van der Waals surface area (Å²) < 4.78 is 35.0. The van der Waals surface area contributed by atoms with E-state index < -0.39 is 17.9 Å². The first-order valence-corrected chi connectivity index (χ1v) is 32.7. The van der Waals surface area contributed by atoms with E-state index in [1.165, 1.54) is 154 Å². The Labute approximate surface area is 507 Å². The van der Waals surface area contributed by atoms with Gasteiger partial charge >= 0.3 is 17.9 Å². The Bertz CT molecular complexity index is 2410. The third-order valence-electron chi connectivity index (χ3n) is 14.5. The third-order valence-corrected chi connectivity index (χ3v) is 14.5. The second kappa shape index (κ2) is 44.8. The molecule has 0 aliphatic rings. The topological polar surface area (TPSA) is 107 Å².